The van der Waals surface area contributed by atoms with Gasteiger partial charge in [-0.3, -0.25) is 9.52 Å². The maximum Gasteiger partial charge on any atom is 0.244 e. The fraction of sp³-hybridized carbons (Fsp3) is 0.235. The summed E-state index contributed by atoms with van der Waals surface area (Å²) < 4.78 is 54.6. The Balaban J connectivity index is 2.07. The first-order chi connectivity index (χ1) is 12.2. The molecule has 9 heteroatoms. The van der Waals surface area contributed by atoms with Gasteiger partial charge in [-0.1, -0.05) is 18.2 Å². The zero-order chi connectivity index (χ0) is 19.1. The molecule has 3 rings (SSSR count). The second kappa shape index (κ2) is 6.65. The van der Waals surface area contributed by atoms with Crippen LogP contribution in [0, 0.1) is 11.6 Å². The molecular formula is C17H17F2N3O3S. The first-order valence-corrected chi connectivity index (χ1v) is 9.70. The van der Waals surface area contributed by atoms with Crippen LogP contribution in [-0.4, -0.2) is 33.2 Å². The van der Waals surface area contributed by atoms with Crippen molar-refractivity contribution in [3.8, 4) is 11.1 Å². The molecule has 1 aliphatic heterocycles. The van der Waals surface area contributed by atoms with Crippen LogP contribution in [0.3, 0.4) is 0 Å². The van der Waals surface area contributed by atoms with Crippen LogP contribution in [0.5, 0.6) is 0 Å². The molecule has 2 aromatic rings. The number of rotatable bonds is 4. The Morgan fingerprint density at radius 2 is 1.81 bits per heavy atom. The molecule has 1 unspecified atom stereocenters. The number of anilines is 2. The van der Waals surface area contributed by atoms with Gasteiger partial charge in [0.2, 0.25) is 15.9 Å². The van der Waals surface area contributed by atoms with E-state index in [0.29, 0.717) is 6.42 Å². The van der Waals surface area contributed by atoms with E-state index in [9.17, 15) is 22.0 Å². The second-order valence-corrected chi connectivity index (χ2v) is 7.81. The van der Waals surface area contributed by atoms with E-state index in [1.807, 2.05) is 0 Å². The minimum absolute atomic E-state index is 0.117. The third-order valence-electron chi connectivity index (χ3n) is 4.11. The van der Waals surface area contributed by atoms with E-state index < -0.39 is 33.6 Å². The van der Waals surface area contributed by atoms with Crippen LogP contribution >= 0.6 is 0 Å². The number of nitrogens with two attached hydrogens (primary N) is 1. The summed E-state index contributed by atoms with van der Waals surface area (Å²) in [6, 6.07) is 7.96. The van der Waals surface area contributed by atoms with Gasteiger partial charge in [-0.2, -0.15) is 0 Å². The highest BCUT2D eigenvalue weighted by atomic mass is 32.2. The lowest BCUT2D eigenvalue weighted by atomic mass is 10.0. The molecular weight excluding hydrogens is 364 g/mol. The number of amides is 1. The van der Waals surface area contributed by atoms with Gasteiger partial charge < -0.3 is 10.6 Å². The van der Waals surface area contributed by atoms with Crippen LogP contribution < -0.4 is 15.4 Å². The molecule has 6 nitrogen and oxygen atoms in total. The molecule has 0 saturated carbocycles. The fourth-order valence-corrected chi connectivity index (χ4v) is 3.48. The molecule has 1 saturated heterocycles. The van der Waals surface area contributed by atoms with E-state index in [1.165, 1.54) is 24.3 Å². The van der Waals surface area contributed by atoms with Crippen molar-refractivity contribution >= 4 is 27.3 Å². The Morgan fingerprint density at radius 3 is 2.42 bits per heavy atom. The van der Waals surface area contributed by atoms with Gasteiger partial charge in [0.15, 0.2) is 11.6 Å². The number of para-hydroxylation sites is 1. The van der Waals surface area contributed by atoms with Gasteiger partial charge >= 0.3 is 0 Å². The summed E-state index contributed by atoms with van der Waals surface area (Å²) in [6.07, 6.45) is 1.33. The van der Waals surface area contributed by atoms with E-state index in [1.54, 1.807) is 12.1 Å². The summed E-state index contributed by atoms with van der Waals surface area (Å²) in [7, 11) is -3.60. The van der Waals surface area contributed by atoms with Gasteiger partial charge in [0.25, 0.3) is 0 Å². The standard InChI is InChI=1S/C17H17F2N3O3S/c1-26(24,25)21-13-5-3-2-4-10(13)11-6-7-14(16(19)15(11)18)22-9-8-12(20)17(22)23/h2-7,12,21H,8-9,20H2,1H3. The van der Waals surface area contributed by atoms with E-state index in [-0.39, 0.29) is 29.0 Å². The van der Waals surface area contributed by atoms with Gasteiger partial charge in [0.1, 0.15) is 0 Å². The molecule has 0 aromatic heterocycles. The second-order valence-electron chi connectivity index (χ2n) is 6.07. The number of carbonyl (C=O) groups excluding carboxylic acids is 1. The molecule has 1 heterocycles. The number of carbonyl (C=O) groups is 1. The molecule has 1 aliphatic rings. The van der Waals surface area contributed by atoms with Crippen LogP contribution in [0.2, 0.25) is 0 Å². The monoisotopic (exact) mass is 381 g/mol. The summed E-state index contributed by atoms with van der Waals surface area (Å²) in [5.74, 6) is -2.81. The Morgan fingerprint density at radius 1 is 1.12 bits per heavy atom. The van der Waals surface area contributed by atoms with E-state index in [2.05, 4.69) is 4.72 Å². The van der Waals surface area contributed by atoms with Crippen molar-refractivity contribution in [3.63, 3.8) is 0 Å². The first-order valence-electron chi connectivity index (χ1n) is 7.81. The number of hydrogen-bond acceptors (Lipinski definition) is 4. The summed E-state index contributed by atoms with van der Waals surface area (Å²) in [4.78, 5) is 13.1. The average Bonchev–Trinajstić information content (AvgIpc) is 2.89. The van der Waals surface area contributed by atoms with Gasteiger partial charge in [-0.05, 0) is 24.6 Å². The van der Waals surface area contributed by atoms with Crippen molar-refractivity contribution in [2.45, 2.75) is 12.5 Å². The Hall–Kier alpha value is -2.52. The highest BCUT2D eigenvalue weighted by Crippen LogP contribution is 2.35. The zero-order valence-electron chi connectivity index (χ0n) is 13.9. The Kier molecular flexibility index (Phi) is 4.68. The molecule has 0 bridgehead atoms. The third kappa shape index (κ3) is 3.40. The number of benzene rings is 2. The van der Waals surface area contributed by atoms with Crippen LogP contribution in [0.15, 0.2) is 36.4 Å². The molecule has 0 radical (unpaired) electrons. The highest BCUT2D eigenvalue weighted by Gasteiger charge is 2.32. The smallest absolute Gasteiger partial charge is 0.244 e. The van der Waals surface area contributed by atoms with Crippen LogP contribution in [0.25, 0.3) is 11.1 Å². The van der Waals surface area contributed by atoms with E-state index in [4.69, 9.17) is 5.73 Å². The maximum absolute atomic E-state index is 14.7. The third-order valence-corrected chi connectivity index (χ3v) is 4.70. The number of sulfonamides is 1. The van der Waals surface area contributed by atoms with E-state index in [0.717, 1.165) is 11.2 Å². The minimum Gasteiger partial charge on any atom is -0.320 e. The number of nitrogens with one attached hydrogen (secondary N) is 1. The van der Waals surface area contributed by atoms with Crippen LogP contribution in [-0.2, 0) is 14.8 Å². The molecule has 1 amide bonds. The Labute approximate surface area is 149 Å². The van der Waals surface area contributed by atoms with Crippen molar-refractivity contribution in [2.24, 2.45) is 5.73 Å². The largest absolute Gasteiger partial charge is 0.320 e. The maximum atomic E-state index is 14.7. The van der Waals surface area contributed by atoms with E-state index >= 15 is 0 Å². The molecule has 3 N–H and O–H groups in total. The summed E-state index contributed by atoms with van der Waals surface area (Å²) in [5.41, 5.74) is 5.63. The number of hydrogen-bond donors (Lipinski definition) is 2. The molecule has 1 fully saturated rings. The van der Waals surface area contributed by atoms with Crippen molar-refractivity contribution < 1.29 is 22.0 Å². The lowest BCUT2D eigenvalue weighted by molar-refractivity contribution is -0.118. The van der Waals surface area contributed by atoms with Crippen LogP contribution in [0.4, 0.5) is 20.2 Å². The Bertz CT molecular complexity index is 979. The van der Waals surface area contributed by atoms with Gasteiger partial charge in [0.05, 0.1) is 23.7 Å². The van der Waals surface area contributed by atoms with Crippen molar-refractivity contribution in [1.29, 1.82) is 0 Å². The number of nitrogens with zero attached hydrogens (tertiary/aromatic N) is 1. The van der Waals surface area contributed by atoms with Crippen molar-refractivity contribution in [2.75, 3.05) is 22.4 Å². The molecule has 26 heavy (non-hydrogen) atoms. The lowest BCUT2D eigenvalue weighted by Crippen LogP contribution is -2.34. The quantitative estimate of drug-likeness (QED) is 0.848. The normalized spacial score (nSPS) is 17.6. The predicted octanol–water partition coefficient (Wildman–Crippen LogP) is 2.07. The molecule has 138 valence electrons. The molecule has 0 spiro atoms. The SMILES string of the molecule is CS(=O)(=O)Nc1ccccc1-c1ccc(N2CCC(N)C2=O)c(F)c1F. The minimum atomic E-state index is -3.60. The first kappa shape index (κ1) is 18.3. The average molecular weight is 381 g/mol. The van der Waals surface area contributed by atoms with Gasteiger partial charge in [-0.25, -0.2) is 17.2 Å². The molecule has 2 aromatic carbocycles. The van der Waals surface area contributed by atoms with Gasteiger partial charge in [-0.15, -0.1) is 0 Å². The van der Waals surface area contributed by atoms with Gasteiger partial charge in [0, 0.05) is 17.7 Å². The predicted molar refractivity (Wildman–Crippen MR) is 95.2 cm³/mol. The molecule has 1 atom stereocenters. The lowest BCUT2D eigenvalue weighted by Gasteiger charge is -2.19. The summed E-state index contributed by atoms with van der Waals surface area (Å²) in [6.45, 7) is 0.210. The fourth-order valence-electron chi connectivity index (χ4n) is 2.90. The molecule has 0 aliphatic carbocycles. The summed E-state index contributed by atoms with van der Waals surface area (Å²) >= 11 is 0. The van der Waals surface area contributed by atoms with Crippen molar-refractivity contribution in [3.05, 3.63) is 48.0 Å². The summed E-state index contributed by atoms with van der Waals surface area (Å²) in [5, 5.41) is 0. The van der Waals surface area contributed by atoms with Crippen molar-refractivity contribution in [1.82, 2.24) is 0 Å². The highest BCUT2D eigenvalue weighted by molar-refractivity contribution is 7.92. The zero-order valence-corrected chi connectivity index (χ0v) is 14.7. The topological polar surface area (TPSA) is 92.5 Å². The van der Waals surface area contributed by atoms with Crippen LogP contribution in [0.1, 0.15) is 6.42 Å². The number of halogens is 2.